The van der Waals surface area contributed by atoms with Crippen molar-refractivity contribution in [1.29, 1.82) is 0 Å². The Morgan fingerprint density at radius 3 is 2.70 bits per heavy atom. The summed E-state index contributed by atoms with van der Waals surface area (Å²) in [4.78, 5) is 18.3. The summed E-state index contributed by atoms with van der Waals surface area (Å²) in [6.45, 7) is 3.36. The van der Waals surface area contributed by atoms with E-state index in [1.807, 2.05) is 0 Å². The number of nitrogens with zero attached hydrogens (tertiary/aromatic N) is 2. The van der Waals surface area contributed by atoms with E-state index in [-0.39, 0.29) is 5.61 Å². The lowest BCUT2D eigenvalue weighted by Crippen LogP contribution is -2.22. The SMILES string of the molecule is B/C(=N\N/C(C)=C(/C=C\C=N/C)OC(C)N)C(=O)OO. The lowest BCUT2D eigenvalue weighted by atomic mass is 10.0. The van der Waals surface area contributed by atoms with E-state index in [4.69, 9.17) is 15.7 Å². The molecule has 0 aliphatic rings. The van der Waals surface area contributed by atoms with Gasteiger partial charge in [0.15, 0.2) is 7.85 Å². The molecule has 20 heavy (non-hydrogen) atoms. The minimum Gasteiger partial charge on any atom is -0.474 e. The third-order valence-electron chi connectivity index (χ3n) is 1.93. The van der Waals surface area contributed by atoms with Gasteiger partial charge in [-0.1, -0.05) is 0 Å². The van der Waals surface area contributed by atoms with Gasteiger partial charge >= 0.3 is 5.97 Å². The predicted molar refractivity (Wildman–Crippen MR) is 78.8 cm³/mol. The largest absolute Gasteiger partial charge is 0.474 e. The first-order valence-electron chi connectivity index (χ1n) is 5.80. The van der Waals surface area contributed by atoms with Crippen molar-refractivity contribution in [3.63, 3.8) is 0 Å². The Kier molecular flexibility index (Phi) is 8.72. The van der Waals surface area contributed by atoms with E-state index >= 15 is 0 Å². The Labute approximate surface area is 118 Å². The second-order valence-electron chi connectivity index (χ2n) is 3.77. The zero-order chi connectivity index (χ0) is 15.5. The highest BCUT2D eigenvalue weighted by Crippen LogP contribution is 2.07. The first-order chi connectivity index (χ1) is 9.42. The monoisotopic (exact) mass is 282 g/mol. The normalized spacial score (nSPS) is 15.2. The molecule has 0 saturated carbocycles. The molecule has 0 saturated heterocycles. The fourth-order valence-electron chi connectivity index (χ4n) is 1.00. The van der Waals surface area contributed by atoms with E-state index in [0.29, 0.717) is 11.5 Å². The quantitative estimate of drug-likeness (QED) is 0.109. The van der Waals surface area contributed by atoms with Crippen molar-refractivity contribution >= 4 is 25.6 Å². The molecule has 0 aromatic heterocycles. The number of rotatable bonds is 7. The summed E-state index contributed by atoms with van der Waals surface area (Å²) in [5.41, 5.74) is 8.65. The molecule has 0 rings (SSSR count). The van der Waals surface area contributed by atoms with Crippen LogP contribution < -0.4 is 11.2 Å². The average molecular weight is 282 g/mol. The van der Waals surface area contributed by atoms with Gasteiger partial charge < -0.3 is 4.74 Å². The van der Waals surface area contributed by atoms with Gasteiger partial charge in [0, 0.05) is 13.3 Å². The highest BCUT2D eigenvalue weighted by atomic mass is 17.1. The zero-order valence-electron chi connectivity index (χ0n) is 12.0. The Balaban J connectivity index is 5.03. The highest BCUT2D eigenvalue weighted by Gasteiger charge is 2.07. The minimum atomic E-state index is -0.950. The molecule has 0 fully saturated rings. The second-order valence-corrected chi connectivity index (χ2v) is 3.77. The molecule has 0 radical (unpaired) electrons. The molecule has 9 heteroatoms. The molecule has 0 aromatic carbocycles. The fraction of sp³-hybridized carbons (Fsp3) is 0.364. The van der Waals surface area contributed by atoms with Gasteiger partial charge in [-0.05, 0) is 26.0 Å². The number of hydrazone groups is 1. The van der Waals surface area contributed by atoms with Gasteiger partial charge in [0.25, 0.3) is 0 Å². The van der Waals surface area contributed by atoms with Crippen LogP contribution in [0, 0.1) is 0 Å². The van der Waals surface area contributed by atoms with E-state index in [9.17, 15) is 4.79 Å². The predicted octanol–water partition coefficient (Wildman–Crippen LogP) is -0.652. The van der Waals surface area contributed by atoms with Gasteiger partial charge in [-0.25, -0.2) is 4.79 Å². The first kappa shape index (κ1) is 17.9. The number of carbonyl (C=O) groups excluding carboxylic acids is 1. The Bertz CT molecular complexity index is 444. The average Bonchev–Trinajstić information content (AvgIpc) is 2.42. The van der Waals surface area contributed by atoms with Crippen molar-refractivity contribution in [1.82, 2.24) is 5.43 Å². The van der Waals surface area contributed by atoms with Crippen LogP contribution in [-0.4, -0.2) is 44.2 Å². The smallest absolute Gasteiger partial charge is 0.378 e. The van der Waals surface area contributed by atoms with Crippen LogP contribution in [0.25, 0.3) is 0 Å². The van der Waals surface area contributed by atoms with Gasteiger partial charge in [-0.3, -0.25) is 21.0 Å². The van der Waals surface area contributed by atoms with Crippen molar-refractivity contribution in [2.75, 3.05) is 7.05 Å². The summed E-state index contributed by atoms with van der Waals surface area (Å²) in [5, 5.41) is 11.9. The van der Waals surface area contributed by atoms with Crippen molar-refractivity contribution in [2.24, 2.45) is 15.8 Å². The van der Waals surface area contributed by atoms with Crippen molar-refractivity contribution in [3.05, 3.63) is 23.6 Å². The number of ether oxygens (including phenoxy) is 1. The summed E-state index contributed by atoms with van der Waals surface area (Å²) in [6.07, 6.45) is 4.38. The van der Waals surface area contributed by atoms with Crippen molar-refractivity contribution < 1.29 is 19.7 Å². The van der Waals surface area contributed by atoms with Crippen LogP contribution in [0.4, 0.5) is 0 Å². The van der Waals surface area contributed by atoms with Gasteiger partial charge in [0.2, 0.25) is 0 Å². The Hall–Kier alpha value is -2.13. The lowest BCUT2D eigenvalue weighted by Gasteiger charge is -2.13. The molecule has 0 amide bonds. The molecular formula is C11H19BN4O4. The van der Waals surface area contributed by atoms with Crippen molar-refractivity contribution in [3.8, 4) is 0 Å². The molecule has 110 valence electrons. The number of nitrogens with one attached hydrogen (secondary N) is 1. The summed E-state index contributed by atoms with van der Waals surface area (Å²) in [7, 11) is 3.02. The van der Waals surface area contributed by atoms with Crippen molar-refractivity contribution in [2.45, 2.75) is 20.1 Å². The standard InChI is InChI=1S/C11H19BN4O4/c1-7(15-16-10(12)11(17)20-18)9(19-8(2)13)5-4-6-14-3/h4-6,8,15,18H,12-13H2,1-3H3/b5-4-,9-7-,14-6-,16-10-. The Morgan fingerprint density at radius 2 is 2.20 bits per heavy atom. The summed E-state index contributed by atoms with van der Waals surface area (Å²) in [6, 6.07) is 0. The van der Waals surface area contributed by atoms with Crippen LogP contribution in [-0.2, 0) is 14.4 Å². The fourth-order valence-corrected chi connectivity index (χ4v) is 1.00. The molecule has 0 aliphatic carbocycles. The molecule has 8 nitrogen and oxygen atoms in total. The number of aliphatic imine (C=N–C) groups is 1. The van der Waals surface area contributed by atoms with E-state index < -0.39 is 12.2 Å². The molecule has 1 atom stereocenters. The first-order valence-corrected chi connectivity index (χ1v) is 5.80. The zero-order valence-corrected chi connectivity index (χ0v) is 12.0. The van der Waals surface area contributed by atoms with Gasteiger partial charge in [-0.15, -0.1) is 0 Å². The molecular weight excluding hydrogens is 263 g/mol. The van der Waals surface area contributed by atoms with Crippen LogP contribution >= 0.6 is 0 Å². The Morgan fingerprint density at radius 1 is 1.55 bits per heavy atom. The van der Waals surface area contributed by atoms with E-state index in [2.05, 4.69) is 20.4 Å². The van der Waals surface area contributed by atoms with Gasteiger partial charge in [-0.2, -0.15) is 10.4 Å². The molecule has 1 unspecified atom stereocenters. The summed E-state index contributed by atoms with van der Waals surface area (Å²) < 4.78 is 5.39. The third-order valence-corrected chi connectivity index (χ3v) is 1.93. The lowest BCUT2D eigenvalue weighted by molar-refractivity contribution is -0.225. The van der Waals surface area contributed by atoms with E-state index in [0.717, 1.165) is 0 Å². The number of nitrogens with two attached hydrogens (primary N) is 1. The number of hydrogen-bond donors (Lipinski definition) is 3. The van der Waals surface area contributed by atoms with E-state index in [1.165, 1.54) is 7.85 Å². The topological polar surface area (TPSA) is 119 Å². The maximum atomic E-state index is 10.9. The minimum absolute atomic E-state index is 0.0499. The summed E-state index contributed by atoms with van der Waals surface area (Å²) in [5.74, 6) is -0.512. The molecule has 0 spiro atoms. The molecule has 0 heterocycles. The molecule has 0 aliphatic heterocycles. The maximum absolute atomic E-state index is 10.9. The van der Waals surface area contributed by atoms with Gasteiger partial charge in [0.05, 0.1) is 5.70 Å². The molecule has 0 bridgehead atoms. The van der Waals surface area contributed by atoms with Crippen LogP contribution in [0.3, 0.4) is 0 Å². The number of allylic oxidation sites excluding steroid dienone is 3. The molecule has 4 N–H and O–H groups in total. The van der Waals surface area contributed by atoms with Gasteiger partial charge in [0.1, 0.15) is 17.6 Å². The van der Waals surface area contributed by atoms with E-state index in [1.54, 1.807) is 39.3 Å². The highest BCUT2D eigenvalue weighted by molar-refractivity contribution is 6.77. The van der Waals surface area contributed by atoms with Crippen LogP contribution in [0.1, 0.15) is 13.8 Å². The third kappa shape index (κ3) is 7.34. The second kappa shape index (κ2) is 9.76. The maximum Gasteiger partial charge on any atom is 0.378 e. The summed E-state index contributed by atoms with van der Waals surface area (Å²) >= 11 is 0. The van der Waals surface area contributed by atoms with Crippen LogP contribution in [0.15, 0.2) is 33.7 Å². The van der Waals surface area contributed by atoms with Crippen LogP contribution in [0.2, 0.25) is 0 Å². The number of carbonyl (C=O) groups is 1. The van der Waals surface area contributed by atoms with Crippen LogP contribution in [0.5, 0.6) is 0 Å². The number of hydrogen-bond acceptors (Lipinski definition) is 8. The molecule has 0 aromatic rings.